The van der Waals surface area contributed by atoms with Gasteiger partial charge in [-0.2, -0.15) is 0 Å². The van der Waals surface area contributed by atoms with Gasteiger partial charge in [0.25, 0.3) is 0 Å². The zero-order valence-electron chi connectivity index (χ0n) is 13.7. The van der Waals surface area contributed by atoms with E-state index in [1.54, 1.807) is 6.33 Å². The maximum Gasteiger partial charge on any atom is 0.203 e. The average molecular weight is 320 g/mol. The number of likely N-dealkylation sites (tertiary alicyclic amines) is 1. The molecule has 2 atom stereocenters. The Labute approximate surface area is 140 Å². The number of piperazine rings is 1. The Hall–Kier alpha value is -2.47. The highest BCUT2D eigenvalue weighted by Gasteiger charge is 2.44. The molecule has 122 valence electrons. The van der Waals surface area contributed by atoms with E-state index in [4.69, 9.17) is 0 Å². The summed E-state index contributed by atoms with van der Waals surface area (Å²) >= 11 is 0. The molecule has 6 heteroatoms. The van der Waals surface area contributed by atoms with E-state index in [9.17, 15) is 0 Å². The van der Waals surface area contributed by atoms with Crippen LogP contribution in [0.1, 0.15) is 17.5 Å². The molecule has 2 aliphatic heterocycles. The van der Waals surface area contributed by atoms with Crippen LogP contribution in [0.25, 0.3) is 5.65 Å². The van der Waals surface area contributed by atoms with Crippen molar-refractivity contribution in [3.8, 4) is 0 Å². The quantitative estimate of drug-likeness (QED) is 0.738. The van der Waals surface area contributed by atoms with Gasteiger partial charge in [0.1, 0.15) is 6.33 Å². The van der Waals surface area contributed by atoms with Crippen molar-refractivity contribution < 1.29 is 0 Å². The van der Waals surface area contributed by atoms with E-state index < -0.39 is 0 Å². The van der Waals surface area contributed by atoms with E-state index in [2.05, 4.69) is 56.2 Å². The molecule has 0 N–H and O–H groups in total. The molecular formula is C18H20N6. The molecule has 5 rings (SSSR count). The first-order valence-electron chi connectivity index (χ1n) is 8.49. The number of nitrogens with zero attached hydrogens (tertiary/aromatic N) is 6. The van der Waals surface area contributed by atoms with Crippen LogP contribution in [0.4, 0.5) is 5.82 Å². The molecule has 3 aromatic rings. The zero-order valence-corrected chi connectivity index (χ0v) is 13.7. The molecule has 1 aromatic carbocycles. The van der Waals surface area contributed by atoms with Crippen LogP contribution in [0.2, 0.25) is 0 Å². The molecule has 2 unspecified atom stereocenters. The van der Waals surface area contributed by atoms with Crippen molar-refractivity contribution >= 4 is 11.5 Å². The van der Waals surface area contributed by atoms with Crippen molar-refractivity contribution in [3.63, 3.8) is 0 Å². The fraction of sp³-hybridized carbons (Fsp3) is 0.389. The molecule has 6 nitrogen and oxygen atoms in total. The fourth-order valence-corrected chi connectivity index (χ4v) is 4.16. The third-order valence-electron chi connectivity index (χ3n) is 5.46. The molecule has 2 bridgehead atoms. The molecule has 0 spiro atoms. The largest absolute Gasteiger partial charge is 0.348 e. The minimum absolute atomic E-state index is 0.523. The van der Waals surface area contributed by atoms with E-state index in [0.29, 0.717) is 12.1 Å². The van der Waals surface area contributed by atoms with Crippen LogP contribution < -0.4 is 4.90 Å². The van der Waals surface area contributed by atoms with Gasteiger partial charge in [0.2, 0.25) is 5.65 Å². The monoisotopic (exact) mass is 320 g/mol. The lowest BCUT2D eigenvalue weighted by Gasteiger charge is -2.35. The van der Waals surface area contributed by atoms with Gasteiger partial charge in [-0.05, 0) is 24.5 Å². The third kappa shape index (κ3) is 2.10. The molecule has 4 heterocycles. The molecular weight excluding hydrogens is 300 g/mol. The summed E-state index contributed by atoms with van der Waals surface area (Å²) in [6.45, 7) is 5.36. The summed E-state index contributed by atoms with van der Waals surface area (Å²) in [4.78, 5) is 9.63. The molecule has 24 heavy (non-hydrogen) atoms. The first-order valence-corrected chi connectivity index (χ1v) is 8.49. The molecule has 0 amide bonds. The first-order chi connectivity index (χ1) is 11.8. The Morgan fingerprint density at radius 2 is 2.08 bits per heavy atom. The van der Waals surface area contributed by atoms with Crippen LogP contribution >= 0.6 is 0 Å². The number of hydrogen-bond donors (Lipinski definition) is 0. The van der Waals surface area contributed by atoms with Crippen molar-refractivity contribution in [2.75, 3.05) is 18.0 Å². The van der Waals surface area contributed by atoms with Crippen molar-refractivity contribution in [2.24, 2.45) is 0 Å². The van der Waals surface area contributed by atoms with Gasteiger partial charge in [0, 0.05) is 44.1 Å². The molecule has 2 saturated heterocycles. The minimum atomic E-state index is 0.523. The summed E-state index contributed by atoms with van der Waals surface area (Å²) in [5, 5.41) is 8.25. The number of aryl methyl sites for hydroxylation is 1. The maximum absolute atomic E-state index is 4.59. The lowest BCUT2D eigenvalue weighted by molar-refractivity contribution is 0.229. The van der Waals surface area contributed by atoms with Gasteiger partial charge in [-0.15, -0.1) is 10.2 Å². The molecule has 0 radical (unpaired) electrons. The maximum atomic E-state index is 4.59. The summed E-state index contributed by atoms with van der Waals surface area (Å²) in [7, 11) is 0. The van der Waals surface area contributed by atoms with E-state index in [0.717, 1.165) is 31.1 Å². The first kappa shape index (κ1) is 13.9. The van der Waals surface area contributed by atoms with Gasteiger partial charge in [-0.25, -0.2) is 4.98 Å². The number of rotatable bonds is 3. The Morgan fingerprint density at radius 1 is 1.17 bits per heavy atom. The van der Waals surface area contributed by atoms with Crippen LogP contribution in [-0.4, -0.2) is 49.7 Å². The Balaban J connectivity index is 1.37. The summed E-state index contributed by atoms with van der Waals surface area (Å²) in [5.74, 6) is 0.970. The summed E-state index contributed by atoms with van der Waals surface area (Å²) in [6, 6.07) is 9.82. The van der Waals surface area contributed by atoms with Gasteiger partial charge in [-0.1, -0.05) is 24.3 Å². The molecule has 2 aliphatic rings. The van der Waals surface area contributed by atoms with Crippen molar-refractivity contribution in [2.45, 2.75) is 32.0 Å². The third-order valence-corrected chi connectivity index (χ3v) is 5.46. The Bertz CT molecular complexity index is 888. The number of fused-ring (bicyclic) bond motifs is 3. The molecule has 2 fully saturated rings. The van der Waals surface area contributed by atoms with Gasteiger partial charge in [0.05, 0.1) is 0 Å². The van der Waals surface area contributed by atoms with E-state index in [1.165, 1.54) is 17.5 Å². The van der Waals surface area contributed by atoms with Gasteiger partial charge in [-0.3, -0.25) is 9.30 Å². The lowest BCUT2D eigenvalue weighted by atomic mass is 10.1. The van der Waals surface area contributed by atoms with E-state index in [1.807, 2.05) is 16.8 Å². The highest BCUT2D eigenvalue weighted by atomic mass is 15.4. The van der Waals surface area contributed by atoms with Crippen LogP contribution in [0, 0.1) is 6.92 Å². The number of benzene rings is 1. The summed E-state index contributed by atoms with van der Waals surface area (Å²) in [5.41, 5.74) is 3.68. The number of aromatic nitrogens is 4. The molecule has 0 saturated carbocycles. The van der Waals surface area contributed by atoms with Gasteiger partial charge < -0.3 is 4.90 Å². The summed E-state index contributed by atoms with van der Waals surface area (Å²) < 4.78 is 1.94. The zero-order chi connectivity index (χ0) is 16.1. The number of anilines is 1. The smallest absolute Gasteiger partial charge is 0.203 e. The topological polar surface area (TPSA) is 49.6 Å². The Kier molecular flexibility index (Phi) is 3.06. The van der Waals surface area contributed by atoms with Crippen molar-refractivity contribution in [1.29, 1.82) is 0 Å². The highest BCUT2D eigenvalue weighted by Crippen LogP contribution is 2.35. The standard InChI is InChI=1S/C18H20N6/c1-13-4-2-3-5-14(13)9-23-10-16-8-15(23)11-24(16)17-18-21-20-12-22(18)7-6-19-17/h2-7,12,15-16H,8-11H2,1H3. The minimum Gasteiger partial charge on any atom is -0.348 e. The molecule has 2 aromatic heterocycles. The second-order valence-corrected chi connectivity index (χ2v) is 6.86. The van der Waals surface area contributed by atoms with Crippen LogP contribution in [0.5, 0.6) is 0 Å². The van der Waals surface area contributed by atoms with Crippen LogP contribution in [-0.2, 0) is 6.54 Å². The van der Waals surface area contributed by atoms with E-state index in [-0.39, 0.29) is 0 Å². The van der Waals surface area contributed by atoms with Crippen LogP contribution in [0.15, 0.2) is 43.0 Å². The second kappa shape index (κ2) is 5.27. The fourth-order valence-electron chi connectivity index (χ4n) is 4.16. The van der Waals surface area contributed by atoms with Crippen LogP contribution in [0.3, 0.4) is 0 Å². The number of hydrogen-bond acceptors (Lipinski definition) is 5. The highest BCUT2D eigenvalue weighted by molar-refractivity contribution is 5.64. The SMILES string of the molecule is Cc1ccccc1CN1CC2CC1CN2c1nccn2cnnc12. The summed E-state index contributed by atoms with van der Waals surface area (Å²) in [6.07, 6.45) is 6.68. The second-order valence-electron chi connectivity index (χ2n) is 6.86. The van der Waals surface area contributed by atoms with Crippen molar-refractivity contribution in [1.82, 2.24) is 24.5 Å². The van der Waals surface area contributed by atoms with E-state index >= 15 is 0 Å². The predicted octanol–water partition coefficient (Wildman–Crippen LogP) is 1.90. The predicted molar refractivity (Wildman–Crippen MR) is 91.9 cm³/mol. The average Bonchev–Trinajstić information content (AvgIpc) is 3.31. The molecule has 0 aliphatic carbocycles. The lowest BCUT2D eigenvalue weighted by Crippen LogP contribution is -2.46. The van der Waals surface area contributed by atoms with Crippen molar-refractivity contribution in [3.05, 3.63) is 54.1 Å². The van der Waals surface area contributed by atoms with Gasteiger partial charge in [0.15, 0.2) is 5.82 Å². The van der Waals surface area contributed by atoms with Gasteiger partial charge >= 0.3 is 0 Å². The Morgan fingerprint density at radius 3 is 2.92 bits per heavy atom. The normalized spacial score (nSPS) is 23.5.